The van der Waals surface area contributed by atoms with Crippen molar-refractivity contribution in [2.75, 3.05) is 0 Å². The van der Waals surface area contributed by atoms with Crippen LogP contribution in [0.1, 0.15) is 16.7 Å². The van der Waals surface area contributed by atoms with Gasteiger partial charge in [-0.3, -0.25) is 0 Å². The van der Waals surface area contributed by atoms with Crippen LogP contribution in [0.2, 0.25) is 5.02 Å². The summed E-state index contributed by atoms with van der Waals surface area (Å²) >= 11 is 5.82. The molecule has 0 aliphatic heterocycles. The topological polar surface area (TPSA) is 35.2 Å². The molecule has 0 amide bonds. The van der Waals surface area contributed by atoms with Crippen LogP contribution in [-0.2, 0) is 19.3 Å². The first kappa shape index (κ1) is 15.7. The van der Waals surface area contributed by atoms with Crippen LogP contribution in [0.15, 0.2) is 42.5 Å². The minimum atomic E-state index is -4.49. The Morgan fingerprint density at radius 2 is 1.81 bits per heavy atom. The fourth-order valence-electron chi connectivity index (χ4n) is 1.84. The number of rotatable bonds is 4. The van der Waals surface area contributed by atoms with Crippen LogP contribution in [0.25, 0.3) is 0 Å². The first-order valence-corrected chi connectivity index (χ1v) is 6.55. The second-order valence-corrected chi connectivity index (χ2v) is 4.89. The lowest BCUT2D eigenvalue weighted by Crippen LogP contribution is -2.10. The Morgan fingerprint density at radius 3 is 2.43 bits per heavy atom. The zero-order valence-electron chi connectivity index (χ0n) is 11.0. The fraction of sp³-hybridized carbons (Fsp3) is 0.200. The van der Waals surface area contributed by atoms with Crippen molar-refractivity contribution >= 4 is 11.6 Å². The number of halogens is 4. The first-order valence-electron chi connectivity index (χ1n) is 6.17. The summed E-state index contributed by atoms with van der Waals surface area (Å²) in [5.74, 6) is -0.223. The highest BCUT2D eigenvalue weighted by atomic mass is 35.5. The van der Waals surface area contributed by atoms with Crippen molar-refractivity contribution in [2.24, 2.45) is 5.73 Å². The zero-order chi connectivity index (χ0) is 15.5. The Hall–Kier alpha value is -1.72. The molecule has 0 radical (unpaired) electrons. The smallest absolute Gasteiger partial charge is 0.419 e. The molecule has 6 heteroatoms. The molecule has 2 aromatic rings. The molecule has 0 saturated heterocycles. The van der Waals surface area contributed by atoms with Crippen LogP contribution in [-0.4, -0.2) is 0 Å². The van der Waals surface area contributed by atoms with Crippen molar-refractivity contribution in [1.82, 2.24) is 0 Å². The molecule has 0 heterocycles. The van der Waals surface area contributed by atoms with E-state index >= 15 is 0 Å². The van der Waals surface area contributed by atoms with Crippen LogP contribution in [0.5, 0.6) is 5.75 Å². The summed E-state index contributed by atoms with van der Waals surface area (Å²) < 4.78 is 44.3. The second kappa shape index (κ2) is 6.37. The third-order valence-corrected chi connectivity index (χ3v) is 3.10. The van der Waals surface area contributed by atoms with E-state index in [9.17, 15) is 13.2 Å². The van der Waals surface area contributed by atoms with Crippen molar-refractivity contribution in [1.29, 1.82) is 0 Å². The minimum absolute atomic E-state index is 0.00557. The Morgan fingerprint density at radius 1 is 1.05 bits per heavy atom. The van der Waals surface area contributed by atoms with E-state index in [1.807, 2.05) is 0 Å². The highest BCUT2D eigenvalue weighted by molar-refractivity contribution is 6.30. The van der Waals surface area contributed by atoms with Crippen molar-refractivity contribution in [3.05, 3.63) is 64.2 Å². The summed E-state index contributed by atoms with van der Waals surface area (Å²) in [6.45, 7) is 0.0449. The van der Waals surface area contributed by atoms with Gasteiger partial charge in [0.1, 0.15) is 12.4 Å². The maximum Gasteiger partial charge on any atom is 0.419 e. The van der Waals surface area contributed by atoms with Gasteiger partial charge in [0.2, 0.25) is 0 Å². The van der Waals surface area contributed by atoms with Gasteiger partial charge in [-0.15, -0.1) is 0 Å². The third-order valence-electron chi connectivity index (χ3n) is 2.87. The van der Waals surface area contributed by atoms with Gasteiger partial charge in [-0.2, -0.15) is 13.2 Å². The number of hydrogen-bond acceptors (Lipinski definition) is 2. The van der Waals surface area contributed by atoms with E-state index in [1.165, 1.54) is 12.1 Å². The fourth-order valence-corrected chi connectivity index (χ4v) is 2.05. The van der Waals surface area contributed by atoms with Gasteiger partial charge in [-0.25, -0.2) is 0 Å². The van der Waals surface area contributed by atoms with E-state index in [2.05, 4.69) is 0 Å². The normalized spacial score (nSPS) is 11.5. The van der Waals surface area contributed by atoms with E-state index in [-0.39, 0.29) is 18.9 Å². The Kier molecular flexibility index (Phi) is 4.75. The summed E-state index contributed by atoms with van der Waals surface area (Å²) in [5, 5.41) is 0.505. The summed E-state index contributed by atoms with van der Waals surface area (Å²) in [4.78, 5) is 0. The Balaban J connectivity index is 2.23. The molecule has 0 bridgehead atoms. The van der Waals surface area contributed by atoms with E-state index in [0.717, 1.165) is 6.07 Å². The highest BCUT2D eigenvalue weighted by Gasteiger charge is 2.34. The number of ether oxygens (including phenoxy) is 1. The monoisotopic (exact) mass is 315 g/mol. The average Bonchev–Trinajstić information content (AvgIpc) is 2.44. The van der Waals surface area contributed by atoms with Crippen LogP contribution >= 0.6 is 11.6 Å². The van der Waals surface area contributed by atoms with E-state index in [0.29, 0.717) is 16.1 Å². The maximum atomic E-state index is 13.0. The van der Waals surface area contributed by atoms with Gasteiger partial charge in [0.15, 0.2) is 0 Å². The van der Waals surface area contributed by atoms with Crippen LogP contribution in [0.4, 0.5) is 13.2 Å². The molecule has 0 saturated carbocycles. The number of hydrogen-bond donors (Lipinski definition) is 1. The molecule has 2 aromatic carbocycles. The lowest BCUT2D eigenvalue weighted by atomic mass is 10.1. The lowest BCUT2D eigenvalue weighted by molar-refractivity contribution is -0.139. The van der Waals surface area contributed by atoms with E-state index in [4.69, 9.17) is 22.1 Å². The first-order chi connectivity index (χ1) is 9.90. The lowest BCUT2D eigenvalue weighted by Gasteiger charge is -2.15. The molecule has 21 heavy (non-hydrogen) atoms. The van der Waals surface area contributed by atoms with Gasteiger partial charge in [-0.1, -0.05) is 29.8 Å². The predicted octanol–water partition coefficient (Wildman–Crippen LogP) is 4.40. The molecular formula is C15H13ClF3NO. The largest absolute Gasteiger partial charge is 0.488 e. The molecule has 0 unspecified atom stereocenters. The standard InChI is InChI=1S/C15H13ClF3NO/c16-12-3-1-2-11(6-12)9-21-14-5-4-10(8-20)7-13(14)15(17,18)19/h1-7H,8-9,20H2. The van der Waals surface area contributed by atoms with Gasteiger partial charge < -0.3 is 10.5 Å². The summed E-state index contributed by atoms with van der Waals surface area (Å²) in [5.41, 5.74) is 5.64. The summed E-state index contributed by atoms with van der Waals surface area (Å²) in [6, 6.07) is 10.6. The number of alkyl halides is 3. The quantitative estimate of drug-likeness (QED) is 0.907. The molecule has 0 aromatic heterocycles. The van der Waals surface area contributed by atoms with Crippen molar-refractivity contribution in [2.45, 2.75) is 19.3 Å². The molecule has 2 N–H and O–H groups in total. The highest BCUT2D eigenvalue weighted by Crippen LogP contribution is 2.37. The third kappa shape index (κ3) is 4.12. The SMILES string of the molecule is NCc1ccc(OCc2cccc(Cl)c2)c(C(F)(F)F)c1. The van der Waals surface area contributed by atoms with Gasteiger partial charge in [0.05, 0.1) is 5.56 Å². The maximum absolute atomic E-state index is 13.0. The van der Waals surface area contributed by atoms with Gasteiger partial charge in [0, 0.05) is 11.6 Å². The number of benzene rings is 2. The van der Waals surface area contributed by atoms with Crippen molar-refractivity contribution in [3.63, 3.8) is 0 Å². The van der Waals surface area contributed by atoms with Crippen LogP contribution in [0.3, 0.4) is 0 Å². The van der Waals surface area contributed by atoms with Crippen molar-refractivity contribution in [3.8, 4) is 5.75 Å². The van der Waals surface area contributed by atoms with E-state index in [1.54, 1.807) is 24.3 Å². The molecule has 0 fully saturated rings. The molecule has 0 atom stereocenters. The number of nitrogens with two attached hydrogens (primary N) is 1. The Labute approximate surface area is 125 Å². The van der Waals surface area contributed by atoms with Crippen LogP contribution < -0.4 is 10.5 Å². The summed E-state index contributed by atoms with van der Waals surface area (Å²) in [6.07, 6.45) is -4.49. The molecule has 0 spiro atoms. The van der Waals surface area contributed by atoms with Gasteiger partial charge >= 0.3 is 6.18 Å². The van der Waals surface area contributed by atoms with E-state index < -0.39 is 11.7 Å². The predicted molar refractivity (Wildman–Crippen MR) is 75.1 cm³/mol. The molecule has 2 nitrogen and oxygen atoms in total. The second-order valence-electron chi connectivity index (χ2n) is 4.45. The average molecular weight is 316 g/mol. The van der Waals surface area contributed by atoms with Crippen LogP contribution in [0, 0.1) is 0 Å². The zero-order valence-corrected chi connectivity index (χ0v) is 11.7. The van der Waals surface area contributed by atoms with Crippen molar-refractivity contribution < 1.29 is 17.9 Å². The molecule has 0 aliphatic rings. The summed E-state index contributed by atoms with van der Waals surface area (Å²) in [7, 11) is 0. The van der Waals surface area contributed by atoms with Gasteiger partial charge in [-0.05, 0) is 35.4 Å². The van der Waals surface area contributed by atoms with Gasteiger partial charge in [0.25, 0.3) is 0 Å². The molecule has 0 aliphatic carbocycles. The molecular weight excluding hydrogens is 303 g/mol. The minimum Gasteiger partial charge on any atom is -0.488 e. The Bertz CT molecular complexity index is 629. The molecule has 2 rings (SSSR count). The molecule has 112 valence electrons.